The van der Waals surface area contributed by atoms with Crippen LogP contribution in [-0.4, -0.2) is 77.8 Å². The predicted molar refractivity (Wildman–Crippen MR) is 134 cm³/mol. The van der Waals surface area contributed by atoms with Crippen LogP contribution in [0.1, 0.15) is 0 Å². The maximum atomic E-state index is 13.2. The molecule has 9 nitrogen and oxygen atoms in total. The summed E-state index contributed by atoms with van der Waals surface area (Å²) in [6.07, 6.45) is 1.28. The molecule has 4 aromatic rings. The van der Waals surface area contributed by atoms with Gasteiger partial charge in [0.2, 0.25) is 6.10 Å². The second kappa shape index (κ2) is 9.07. The minimum atomic E-state index is -0.621. The van der Waals surface area contributed by atoms with Gasteiger partial charge < -0.3 is 29.2 Å². The van der Waals surface area contributed by atoms with Gasteiger partial charge in [0.15, 0.2) is 17.3 Å². The summed E-state index contributed by atoms with van der Waals surface area (Å²) in [4.78, 5) is 27.0. The Bertz CT molecular complexity index is 1380. The van der Waals surface area contributed by atoms with Gasteiger partial charge in [-0.05, 0) is 25.2 Å². The van der Waals surface area contributed by atoms with Crippen molar-refractivity contribution in [3.05, 3.63) is 54.9 Å². The number of hydrogen-bond donors (Lipinski definition) is 1. The van der Waals surface area contributed by atoms with Crippen LogP contribution in [0.4, 0.5) is 5.82 Å². The number of nitrogens with one attached hydrogen (secondary N) is 1. The van der Waals surface area contributed by atoms with Crippen molar-refractivity contribution < 1.29 is 14.3 Å². The SMILES string of the molecule is CNCCn1cnc2c(N3CCN(C(=O)C4COc5ccccc5O4)CC3)nc3ccccc3c21. The molecule has 0 aliphatic carbocycles. The molecule has 6 rings (SSSR count). The number of carbonyl (C=O) groups excluding carboxylic acids is 1. The summed E-state index contributed by atoms with van der Waals surface area (Å²) < 4.78 is 13.9. The van der Waals surface area contributed by atoms with E-state index in [1.54, 1.807) is 0 Å². The molecule has 2 aromatic heterocycles. The number of benzene rings is 2. The maximum Gasteiger partial charge on any atom is 0.267 e. The average Bonchev–Trinajstić information content (AvgIpc) is 3.35. The summed E-state index contributed by atoms with van der Waals surface area (Å²) in [6, 6.07) is 15.7. The molecule has 9 heteroatoms. The number of nitrogens with zero attached hydrogens (tertiary/aromatic N) is 5. The molecular formula is C26H28N6O3. The Balaban J connectivity index is 1.22. The molecule has 1 atom stereocenters. The highest BCUT2D eigenvalue weighted by atomic mass is 16.6. The molecule has 180 valence electrons. The fourth-order valence-corrected chi connectivity index (χ4v) is 4.87. The van der Waals surface area contributed by atoms with E-state index in [4.69, 9.17) is 19.4 Å². The first-order valence-corrected chi connectivity index (χ1v) is 12.0. The molecule has 35 heavy (non-hydrogen) atoms. The van der Waals surface area contributed by atoms with Crippen LogP contribution < -0.4 is 19.7 Å². The molecule has 0 spiro atoms. The quantitative estimate of drug-likeness (QED) is 0.477. The van der Waals surface area contributed by atoms with E-state index in [1.165, 1.54) is 0 Å². The second-order valence-corrected chi connectivity index (χ2v) is 8.87. The lowest BCUT2D eigenvalue weighted by molar-refractivity contribution is -0.141. The normalized spacial score (nSPS) is 17.8. The van der Waals surface area contributed by atoms with Gasteiger partial charge in [0.1, 0.15) is 12.1 Å². The third-order valence-electron chi connectivity index (χ3n) is 6.71. The Hall–Kier alpha value is -3.85. The number of aromatic nitrogens is 3. The number of ether oxygens (including phenoxy) is 2. The molecule has 0 saturated carbocycles. The van der Waals surface area contributed by atoms with E-state index in [1.807, 2.05) is 60.7 Å². The number of fused-ring (bicyclic) bond motifs is 4. The van der Waals surface area contributed by atoms with Crippen molar-refractivity contribution in [1.29, 1.82) is 0 Å². The summed E-state index contributed by atoms with van der Waals surface area (Å²) in [5, 5.41) is 4.31. The Kier molecular flexibility index (Phi) is 5.61. The lowest BCUT2D eigenvalue weighted by Gasteiger charge is -2.37. The molecule has 4 heterocycles. The number of piperazine rings is 1. The number of hydrogen-bond acceptors (Lipinski definition) is 7. The molecule has 2 aromatic carbocycles. The van der Waals surface area contributed by atoms with Gasteiger partial charge in [-0.2, -0.15) is 0 Å². The topological polar surface area (TPSA) is 84.8 Å². The minimum Gasteiger partial charge on any atom is -0.485 e. The van der Waals surface area contributed by atoms with E-state index in [-0.39, 0.29) is 12.5 Å². The molecule has 1 amide bonds. The van der Waals surface area contributed by atoms with Crippen molar-refractivity contribution in [2.45, 2.75) is 12.6 Å². The summed E-state index contributed by atoms with van der Waals surface area (Å²) in [7, 11) is 1.95. The fraction of sp³-hybridized carbons (Fsp3) is 0.346. The Morgan fingerprint density at radius 2 is 1.83 bits per heavy atom. The van der Waals surface area contributed by atoms with Gasteiger partial charge in [0.05, 0.1) is 17.4 Å². The largest absolute Gasteiger partial charge is 0.485 e. The van der Waals surface area contributed by atoms with Gasteiger partial charge in [-0.3, -0.25) is 4.79 Å². The van der Waals surface area contributed by atoms with Gasteiger partial charge in [0.25, 0.3) is 5.91 Å². The zero-order valence-corrected chi connectivity index (χ0v) is 19.7. The van der Waals surface area contributed by atoms with Crippen LogP contribution in [0.3, 0.4) is 0 Å². The minimum absolute atomic E-state index is 0.0351. The molecule has 1 saturated heterocycles. The lowest BCUT2D eigenvalue weighted by atomic mass is 10.1. The van der Waals surface area contributed by atoms with Crippen molar-refractivity contribution in [2.24, 2.45) is 0 Å². The van der Waals surface area contributed by atoms with E-state index >= 15 is 0 Å². The molecule has 1 unspecified atom stereocenters. The number of anilines is 1. The van der Waals surface area contributed by atoms with Gasteiger partial charge in [0, 0.05) is 44.7 Å². The van der Waals surface area contributed by atoms with Crippen LogP contribution in [0.15, 0.2) is 54.9 Å². The number of carbonyl (C=O) groups is 1. The fourth-order valence-electron chi connectivity index (χ4n) is 4.87. The molecule has 1 fully saturated rings. The van der Waals surface area contributed by atoms with Crippen molar-refractivity contribution in [1.82, 2.24) is 24.8 Å². The van der Waals surface area contributed by atoms with Crippen LogP contribution >= 0.6 is 0 Å². The zero-order valence-electron chi connectivity index (χ0n) is 19.7. The summed E-state index contributed by atoms with van der Waals surface area (Å²) >= 11 is 0. The zero-order chi connectivity index (χ0) is 23.8. The highest BCUT2D eigenvalue weighted by Crippen LogP contribution is 2.33. The number of pyridine rings is 1. The highest BCUT2D eigenvalue weighted by molar-refractivity contribution is 6.07. The van der Waals surface area contributed by atoms with E-state index < -0.39 is 6.10 Å². The van der Waals surface area contributed by atoms with E-state index in [2.05, 4.69) is 20.9 Å². The average molecular weight is 473 g/mol. The Morgan fingerprint density at radius 1 is 1.06 bits per heavy atom. The molecule has 1 N–H and O–H groups in total. The maximum absolute atomic E-state index is 13.2. The highest BCUT2D eigenvalue weighted by Gasteiger charge is 2.33. The molecule has 2 aliphatic heterocycles. The van der Waals surface area contributed by atoms with Crippen LogP contribution in [0.2, 0.25) is 0 Å². The van der Waals surface area contributed by atoms with E-state index in [0.717, 1.165) is 40.8 Å². The summed E-state index contributed by atoms with van der Waals surface area (Å²) in [5.74, 6) is 2.14. The third-order valence-corrected chi connectivity index (χ3v) is 6.71. The van der Waals surface area contributed by atoms with Gasteiger partial charge in [-0.25, -0.2) is 9.97 Å². The molecule has 2 aliphatic rings. The van der Waals surface area contributed by atoms with Crippen LogP contribution in [0, 0.1) is 0 Å². The number of rotatable bonds is 5. The predicted octanol–water partition coefficient (Wildman–Crippen LogP) is 2.29. The first kappa shape index (κ1) is 21.7. The monoisotopic (exact) mass is 472 g/mol. The smallest absolute Gasteiger partial charge is 0.267 e. The first-order valence-electron chi connectivity index (χ1n) is 12.0. The molecular weight excluding hydrogens is 444 g/mol. The Labute approximate surface area is 203 Å². The third kappa shape index (κ3) is 3.91. The van der Waals surface area contributed by atoms with Crippen molar-refractivity contribution in [3.8, 4) is 11.5 Å². The van der Waals surface area contributed by atoms with Crippen molar-refractivity contribution in [2.75, 3.05) is 51.3 Å². The number of amides is 1. The molecule has 0 radical (unpaired) electrons. The standard InChI is InChI=1S/C26H28N6O3/c1-27-10-11-32-17-28-23-24(32)18-6-2-3-7-19(18)29-25(23)30-12-14-31(15-13-30)26(33)22-16-34-20-8-4-5-9-21(20)35-22/h2-9,17,22,27H,10-16H2,1H3. The van der Waals surface area contributed by atoms with Gasteiger partial charge in [-0.15, -0.1) is 0 Å². The van der Waals surface area contributed by atoms with Crippen molar-refractivity contribution >= 4 is 33.7 Å². The number of para-hydroxylation sites is 3. The van der Waals surface area contributed by atoms with Crippen molar-refractivity contribution in [3.63, 3.8) is 0 Å². The Morgan fingerprint density at radius 3 is 2.66 bits per heavy atom. The number of likely N-dealkylation sites (N-methyl/N-ethyl adjacent to an activating group) is 1. The van der Waals surface area contributed by atoms with Crippen LogP contribution in [0.5, 0.6) is 11.5 Å². The molecule has 0 bridgehead atoms. The van der Waals surface area contributed by atoms with Crippen LogP contribution in [-0.2, 0) is 11.3 Å². The first-order chi connectivity index (χ1) is 17.2. The van der Waals surface area contributed by atoms with Crippen LogP contribution in [0.25, 0.3) is 21.9 Å². The van der Waals surface area contributed by atoms with E-state index in [0.29, 0.717) is 37.7 Å². The summed E-state index contributed by atoms with van der Waals surface area (Å²) in [6.45, 7) is 4.46. The van der Waals surface area contributed by atoms with Gasteiger partial charge >= 0.3 is 0 Å². The number of imidazole rings is 1. The lowest BCUT2D eigenvalue weighted by Crippen LogP contribution is -2.54. The second-order valence-electron chi connectivity index (χ2n) is 8.87. The summed E-state index contributed by atoms with van der Waals surface area (Å²) in [5.41, 5.74) is 2.96. The van der Waals surface area contributed by atoms with Gasteiger partial charge in [-0.1, -0.05) is 30.3 Å². The van der Waals surface area contributed by atoms with E-state index in [9.17, 15) is 4.79 Å².